The quantitative estimate of drug-likeness (QED) is 0.661. The van der Waals surface area contributed by atoms with E-state index in [1.54, 1.807) is 6.33 Å². The van der Waals surface area contributed by atoms with Gasteiger partial charge in [0.1, 0.15) is 17.6 Å². The smallest absolute Gasteiger partial charge is 0.140 e. The van der Waals surface area contributed by atoms with Crippen molar-refractivity contribution in [3.63, 3.8) is 0 Å². The number of aliphatic hydroxyl groups is 2. The Morgan fingerprint density at radius 1 is 1.08 bits per heavy atom. The Kier molecular flexibility index (Phi) is 4.73. The van der Waals surface area contributed by atoms with E-state index in [-0.39, 0.29) is 29.7 Å². The number of hydrogen-bond acceptors (Lipinski definition) is 6. The number of halogens is 1. The standard InChI is InChI=1S/C29H36FN3O3/c1-26-8-10-28(30)13-20-24(34)25(35)22(33(2)3)14-27(20)9-11-29(28,36-27)23(26)7-6-19(26)17-4-5-18-15-31-16-32-21(18)12-17/h4-6,12,15-16,20,22-25,34-35H,7-11,13-14H2,1-3H3. The number of aliphatic hydroxyl groups excluding tert-OH is 2. The van der Waals surface area contributed by atoms with Crippen LogP contribution in [0, 0.1) is 17.3 Å². The summed E-state index contributed by atoms with van der Waals surface area (Å²) in [7, 11) is 3.87. The van der Waals surface area contributed by atoms with Crippen molar-refractivity contribution in [1.29, 1.82) is 0 Å². The van der Waals surface area contributed by atoms with Gasteiger partial charge in [0.2, 0.25) is 0 Å². The zero-order valence-corrected chi connectivity index (χ0v) is 21.3. The van der Waals surface area contributed by atoms with Crippen molar-refractivity contribution in [3.8, 4) is 0 Å². The summed E-state index contributed by atoms with van der Waals surface area (Å²) in [4.78, 5) is 10.6. The topological polar surface area (TPSA) is 78.7 Å². The molecule has 2 aliphatic heterocycles. The summed E-state index contributed by atoms with van der Waals surface area (Å²) >= 11 is 0. The maximum atomic E-state index is 17.2. The summed E-state index contributed by atoms with van der Waals surface area (Å²) in [6.45, 7) is 2.30. The van der Waals surface area contributed by atoms with Gasteiger partial charge in [-0.1, -0.05) is 25.1 Å². The Morgan fingerprint density at radius 2 is 1.92 bits per heavy atom. The molecule has 4 fully saturated rings. The first kappa shape index (κ1) is 23.2. The molecule has 3 aliphatic carbocycles. The number of ether oxygens (including phenoxy) is 1. The molecule has 0 radical (unpaired) electrons. The molecule has 9 atom stereocenters. The molecule has 3 heterocycles. The van der Waals surface area contributed by atoms with Gasteiger partial charge in [-0.2, -0.15) is 0 Å². The molecule has 36 heavy (non-hydrogen) atoms. The molecule has 0 amide bonds. The fourth-order valence-corrected chi connectivity index (χ4v) is 9.15. The van der Waals surface area contributed by atoms with Crippen LogP contribution in [0.15, 0.2) is 36.8 Å². The number of allylic oxidation sites excluding steroid dienone is 2. The van der Waals surface area contributed by atoms with Crippen LogP contribution >= 0.6 is 0 Å². The fraction of sp³-hybridized carbons (Fsp3) is 0.655. The molecule has 2 spiro atoms. The van der Waals surface area contributed by atoms with Gasteiger partial charge in [-0.25, -0.2) is 14.4 Å². The highest BCUT2D eigenvalue weighted by atomic mass is 19.1. The summed E-state index contributed by atoms with van der Waals surface area (Å²) in [6.07, 6.45) is 8.15. The lowest BCUT2D eigenvalue weighted by Crippen LogP contribution is -2.72. The highest BCUT2D eigenvalue weighted by Gasteiger charge is 2.77. The van der Waals surface area contributed by atoms with Crippen molar-refractivity contribution in [2.45, 2.75) is 87.0 Å². The summed E-state index contributed by atoms with van der Waals surface area (Å²) in [5, 5.41) is 23.1. The normalized spacial score (nSPS) is 47.4. The second kappa shape index (κ2) is 7.34. The van der Waals surface area contributed by atoms with E-state index < -0.39 is 29.1 Å². The van der Waals surface area contributed by atoms with E-state index in [0.717, 1.165) is 35.7 Å². The number of fused-ring (bicyclic) bond motifs is 2. The maximum Gasteiger partial charge on any atom is 0.140 e. The average molecular weight is 494 g/mol. The van der Waals surface area contributed by atoms with Crippen LogP contribution in [0.1, 0.15) is 57.4 Å². The molecule has 2 N–H and O–H groups in total. The van der Waals surface area contributed by atoms with E-state index in [1.807, 2.05) is 25.2 Å². The van der Waals surface area contributed by atoms with E-state index >= 15 is 4.39 Å². The molecule has 2 saturated heterocycles. The van der Waals surface area contributed by atoms with Crippen LogP contribution in [0.2, 0.25) is 0 Å². The molecule has 2 aromatic rings. The van der Waals surface area contributed by atoms with Crippen LogP contribution in [0.5, 0.6) is 0 Å². The van der Waals surface area contributed by atoms with Crippen molar-refractivity contribution in [2.24, 2.45) is 17.3 Å². The van der Waals surface area contributed by atoms with Gasteiger partial charge in [0.15, 0.2) is 0 Å². The Hall–Kier alpha value is -1.93. The Morgan fingerprint density at radius 3 is 2.72 bits per heavy atom. The molecule has 7 rings (SSSR count). The van der Waals surface area contributed by atoms with Crippen LogP contribution in [0.3, 0.4) is 0 Å². The van der Waals surface area contributed by atoms with Gasteiger partial charge < -0.3 is 19.8 Å². The van der Waals surface area contributed by atoms with Crippen molar-refractivity contribution in [1.82, 2.24) is 14.9 Å². The first-order valence-electron chi connectivity index (χ1n) is 13.5. The van der Waals surface area contributed by atoms with Gasteiger partial charge in [-0.15, -0.1) is 0 Å². The lowest BCUT2D eigenvalue weighted by atomic mass is 9.51. The Labute approximate surface area is 211 Å². The lowest BCUT2D eigenvalue weighted by Gasteiger charge is -2.64. The second-order valence-corrected chi connectivity index (χ2v) is 12.7. The number of likely N-dealkylation sites (N-methyl/N-ethyl adjacent to an activating group) is 1. The van der Waals surface area contributed by atoms with Gasteiger partial charge in [0, 0.05) is 29.5 Å². The molecule has 9 unspecified atom stereocenters. The van der Waals surface area contributed by atoms with E-state index in [9.17, 15) is 10.2 Å². The van der Waals surface area contributed by atoms with Crippen molar-refractivity contribution < 1.29 is 19.3 Å². The molecule has 192 valence electrons. The SMILES string of the molecule is CN(C)C1CC23CCC4(O2)C2CC=C(c5ccc6cncnc6c5)C2(C)CCC4(F)CC3C(O)C1O. The Bertz CT molecular complexity index is 1270. The molecule has 2 saturated carbocycles. The first-order valence-corrected chi connectivity index (χ1v) is 13.5. The second-order valence-electron chi connectivity index (χ2n) is 12.7. The van der Waals surface area contributed by atoms with Gasteiger partial charge >= 0.3 is 0 Å². The monoisotopic (exact) mass is 493 g/mol. The zero-order valence-electron chi connectivity index (χ0n) is 21.3. The molecule has 7 heteroatoms. The number of aromatic nitrogens is 2. The Balaban J connectivity index is 1.27. The summed E-state index contributed by atoms with van der Waals surface area (Å²) in [5.74, 6) is -0.329. The lowest BCUT2D eigenvalue weighted by molar-refractivity contribution is -0.314. The third-order valence-electron chi connectivity index (χ3n) is 11.0. The minimum atomic E-state index is -1.49. The van der Waals surface area contributed by atoms with E-state index in [1.165, 1.54) is 5.57 Å². The first-order chi connectivity index (χ1) is 17.1. The molecule has 1 aromatic carbocycles. The molecule has 5 aliphatic rings. The maximum absolute atomic E-state index is 17.2. The van der Waals surface area contributed by atoms with E-state index in [0.29, 0.717) is 19.3 Å². The minimum Gasteiger partial charge on any atom is -0.390 e. The number of rotatable bonds is 2. The molecular formula is C29H36FN3O3. The summed E-state index contributed by atoms with van der Waals surface area (Å²) in [6, 6.07) is 6.16. The molecule has 1 aromatic heterocycles. The van der Waals surface area contributed by atoms with E-state index in [4.69, 9.17) is 4.74 Å². The van der Waals surface area contributed by atoms with Gasteiger partial charge in [0.25, 0.3) is 0 Å². The van der Waals surface area contributed by atoms with Gasteiger partial charge in [-0.05, 0) is 81.7 Å². The number of nitrogens with zero attached hydrogens (tertiary/aromatic N) is 3. The van der Waals surface area contributed by atoms with Gasteiger partial charge in [0.05, 0.1) is 23.3 Å². The fourth-order valence-electron chi connectivity index (χ4n) is 9.15. The molecule has 2 bridgehead atoms. The molecule has 6 nitrogen and oxygen atoms in total. The van der Waals surface area contributed by atoms with Crippen molar-refractivity contribution in [2.75, 3.05) is 14.1 Å². The third kappa shape index (κ3) is 2.75. The molecular weight excluding hydrogens is 457 g/mol. The number of benzene rings is 1. The number of hydrogen-bond donors (Lipinski definition) is 2. The van der Waals surface area contributed by atoms with Crippen LogP contribution < -0.4 is 0 Å². The number of alkyl halides is 1. The van der Waals surface area contributed by atoms with Crippen molar-refractivity contribution >= 4 is 16.5 Å². The van der Waals surface area contributed by atoms with E-state index in [2.05, 4.69) is 41.2 Å². The summed E-state index contributed by atoms with van der Waals surface area (Å²) < 4.78 is 24.3. The summed E-state index contributed by atoms with van der Waals surface area (Å²) in [5.41, 5.74) is 0.234. The highest BCUT2D eigenvalue weighted by molar-refractivity contribution is 5.84. The van der Waals surface area contributed by atoms with Crippen LogP contribution in [-0.4, -0.2) is 74.3 Å². The minimum absolute atomic E-state index is 0.0435. The average Bonchev–Trinajstić information content (AvgIpc) is 3.39. The van der Waals surface area contributed by atoms with Crippen LogP contribution in [-0.2, 0) is 4.74 Å². The predicted octanol–water partition coefficient (Wildman–Crippen LogP) is 3.91. The zero-order chi connectivity index (χ0) is 25.1. The van der Waals surface area contributed by atoms with Crippen molar-refractivity contribution in [3.05, 3.63) is 42.4 Å². The van der Waals surface area contributed by atoms with Crippen LogP contribution in [0.4, 0.5) is 4.39 Å². The third-order valence-corrected chi connectivity index (χ3v) is 11.0. The highest BCUT2D eigenvalue weighted by Crippen LogP contribution is 2.72. The van der Waals surface area contributed by atoms with Crippen LogP contribution in [0.25, 0.3) is 16.5 Å². The predicted molar refractivity (Wildman–Crippen MR) is 135 cm³/mol. The largest absolute Gasteiger partial charge is 0.390 e. The van der Waals surface area contributed by atoms with Gasteiger partial charge in [-0.3, -0.25) is 0 Å².